The highest BCUT2D eigenvalue weighted by Gasteiger charge is 2.35. The number of nitrogens with zero attached hydrogens (tertiary/aromatic N) is 1. The van der Waals surface area contributed by atoms with Crippen molar-refractivity contribution in [3.05, 3.63) is 53.3 Å². The average molecular weight is 414 g/mol. The fraction of sp³-hybridized carbons (Fsp3) is 0.389. The Morgan fingerprint density at radius 2 is 2.00 bits per heavy atom. The third kappa shape index (κ3) is 4.35. The first-order chi connectivity index (χ1) is 12.5. The summed E-state index contributed by atoms with van der Waals surface area (Å²) in [7, 11) is -2.49. The van der Waals surface area contributed by atoms with Crippen molar-refractivity contribution in [2.45, 2.75) is 24.3 Å². The lowest BCUT2D eigenvalue weighted by Crippen LogP contribution is -2.48. The Morgan fingerprint density at radius 1 is 1.30 bits per heavy atom. The van der Waals surface area contributed by atoms with Crippen LogP contribution in [0.3, 0.4) is 0 Å². The summed E-state index contributed by atoms with van der Waals surface area (Å²) in [4.78, 5) is 14.3. The van der Waals surface area contributed by atoms with Crippen molar-refractivity contribution < 1.29 is 17.9 Å². The van der Waals surface area contributed by atoms with Gasteiger partial charge >= 0.3 is 5.97 Å². The van der Waals surface area contributed by atoms with Crippen LogP contribution in [-0.2, 0) is 21.2 Å². The van der Waals surface area contributed by atoms with Crippen LogP contribution in [-0.4, -0.2) is 50.4 Å². The van der Waals surface area contributed by atoms with E-state index in [9.17, 15) is 13.2 Å². The minimum atomic E-state index is -3.74. The first-order valence-corrected chi connectivity index (χ1v) is 9.99. The van der Waals surface area contributed by atoms with Crippen molar-refractivity contribution in [2.24, 2.45) is 0 Å². The Kier molecular flexibility index (Phi) is 7.05. The van der Waals surface area contributed by atoms with Gasteiger partial charge in [-0.1, -0.05) is 31.2 Å². The average Bonchev–Trinajstić information content (AvgIpc) is 3.18. The summed E-state index contributed by atoms with van der Waals surface area (Å²) in [6, 6.07) is 9.05. The Morgan fingerprint density at radius 3 is 2.63 bits per heavy atom. The van der Waals surface area contributed by atoms with Crippen LogP contribution in [0.5, 0.6) is 0 Å². The number of methoxy groups -OCH3 is 1. The zero-order valence-electron chi connectivity index (χ0n) is 15.3. The molecule has 1 aromatic carbocycles. The van der Waals surface area contributed by atoms with E-state index in [0.29, 0.717) is 19.6 Å². The summed E-state index contributed by atoms with van der Waals surface area (Å²) in [5, 5.41) is 3.26. The van der Waals surface area contributed by atoms with Crippen LogP contribution in [0, 0.1) is 0 Å². The molecule has 0 saturated carbocycles. The quantitative estimate of drug-likeness (QED) is 0.732. The van der Waals surface area contributed by atoms with Crippen LogP contribution in [0.2, 0.25) is 0 Å². The number of ether oxygens (including phenoxy) is 1. The number of esters is 1. The molecule has 2 heterocycles. The van der Waals surface area contributed by atoms with Crippen molar-refractivity contribution in [3.63, 3.8) is 0 Å². The van der Waals surface area contributed by atoms with Gasteiger partial charge in [0, 0.05) is 25.8 Å². The maximum atomic E-state index is 13.1. The summed E-state index contributed by atoms with van der Waals surface area (Å²) < 4.78 is 32.4. The highest BCUT2D eigenvalue weighted by molar-refractivity contribution is 7.89. The molecule has 1 atom stereocenters. The second kappa shape index (κ2) is 8.88. The van der Waals surface area contributed by atoms with Crippen LogP contribution < -0.4 is 5.32 Å². The lowest BCUT2D eigenvalue weighted by atomic mass is 10.0. The second-order valence-electron chi connectivity index (χ2n) is 6.17. The van der Waals surface area contributed by atoms with E-state index in [1.807, 2.05) is 24.3 Å². The van der Waals surface area contributed by atoms with Gasteiger partial charge in [0.05, 0.1) is 13.2 Å². The molecule has 1 fully saturated rings. The zero-order valence-corrected chi connectivity index (χ0v) is 16.9. The molecular weight excluding hydrogens is 390 g/mol. The SMILES string of the molecule is CCc1ccc(C2CNCCN2S(=O)(=O)c2c[nH]c(C(=O)OC)c2)cc1.Cl. The van der Waals surface area contributed by atoms with E-state index in [-0.39, 0.29) is 29.0 Å². The standard InChI is InChI=1S/C18H23N3O4S.ClH/c1-3-13-4-6-14(7-5-13)17-12-19-8-9-21(17)26(23,24)15-10-16(20-11-15)18(22)25-2;/h4-7,10-11,17,19-20H,3,8-9,12H2,1-2H3;1H. The van der Waals surface area contributed by atoms with E-state index in [1.54, 1.807) is 0 Å². The molecule has 1 aliphatic rings. The molecule has 27 heavy (non-hydrogen) atoms. The predicted octanol–water partition coefficient (Wildman–Crippen LogP) is 2.12. The number of carbonyl (C=O) groups excluding carboxylic acids is 1. The predicted molar refractivity (Wildman–Crippen MR) is 105 cm³/mol. The van der Waals surface area contributed by atoms with Gasteiger partial charge in [-0.3, -0.25) is 0 Å². The van der Waals surface area contributed by atoms with E-state index >= 15 is 0 Å². The number of aryl methyl sites for hydroxylation is 1. The lowest BCUT2D eigenvalue weighted by molar-refractivity contribution is 0.0594. The maximum Gasteiger partial charge on any atom is 0.354 e. The Hall–Kier alpha value is -1.87. The minimum absolute atomic E-state index is 0. The second-order valence-corrected chi connectivity index (χ2v) is 8.06. The summed E-state index contributed by atoms with van der Waals surface area (Å²) >= 11 is 0. The van der Waals surface area contributed by atoms with Crippen LogP contribution in [0.4, 0.5) is 0 Å². The molecule has 1 unspecified atom stereocenters. The van der Waals surface area contributed by atoms with Gasteiger partial charge < -0.3 is 15.0 Å². The molecule has 0 spiro atoms. The molecule has 0 bridgehead atoms. The van der Waals surface area contributed by atoms with Crippen molar-refractivity contribution in [3.8, 4) is 0 Å². The molecule has 0 amide bonds. The van der Waals surface area contributed by atoms with Crippen molar-refractivity contribution in [1.29, 1.82) is 0 Å². The molecule has 2 aromatic rings. The molecule has 9 heteroatoms. The summed E-state index contributed by atoms with van der Waals surface area (Å²) in [5.74, 6) is -0.599. The Labute approximate surface area is 165 Å². The summed E-state index contributed by atoms with van der Waals surface area (Å²) in [6.07, 6.45) is 2.27. The number of nitrogens with one attached hydrogen (secondary N) is 2. The number of piperazine rings is 1. The third-order valence-electron chi connectivity index (χ3n) is 4.64. The zero-order chi connectivity index (χ0) is 18.7. The van der Waals surface area contributed by atoms with Gasteiger partial charge in [-0.2, -0.15) is 4.31 Å². The molecule has 148 valence electrons. The molecule has 2 N–H and O–H groups in total. The first kappa shape index (κ1) is 21.4. The van der Waals surface area contributed by atoms with E-state index in [4.69, 9.17) is 0 Å². The number of benzene rings is 1. The van der Waals surface area contributed by atoms with Crippen molar-refractivity contribution in [1.82, 2.24) is 14.6 Å². The first-order valence-electron chi connectivity index (χ1n) is 8.55. The van der Waals surface area contributed by atoms with Gasteiger partial charge in [-0.15, -0.1) is 12.4 Å². The number of hydrogen-bond acceptors (Lipinski definition) is 5. The monoisotopic (exact) mass is 413 g/mol. The molecule has 0 aliphatic carbocycles. The minimum Gasteiger partial charge on any atom is -0.464 e. The largest absolute Gasteiger partial charge is 0.464 e. The fourth-order valence-electron chi connectivity index (χ4n) is 3.12. The van der Waals surface area contributed by atoms with Gasteiger partial charge in [-0.05, 0) is 23.6 Å². The summed E-state index contributed by atoms with van der Waals surface area (Å²) in [5.41, 5.74) is 2.27. The van der Waals surface area contributed by atoms with Crippen molar-refractivity contribution >= 4 is 28.4 Å². The van der Waals surface area contributed by atoms with Crippen LogP contribution in [0.1, 0.15) is 34.6 Å². The Balaban J connectivity index is 0.00000261. The highest BCUT2D eigenvalue weighted by Crippen LogP contribution is 2.29. The molecular formula is C18H24ClN3O4S. The number of carbonyl (C=O) groups is 1. The number of H-pyrrole nitrogens is 1. The van der Waals surface area contributed by atoms with Crippen LogP contribution in [0.25, 0.3) is 0 Å². The van der Waals surface area contributed by atoms with Gasteiger partial charge in [-0.25, -0.2) is 13.2 Å². The number of hydrogen-bond donors (Lipinski definition) is 2. The van der Waals surface area contributed by atoms with E-state index in [2.05, 4.69) is 22.0 Å². The van der Waals surface area contributed by atoms with E-state index in [0.717, 1.165) is 12.0 Å². The van der Waals surface area contributed by atoms with Gasteiger partial charge in [0.15, 0.2) is 0 Å². The van der Waals surface area contributed by atoms with Crippen LogP contribution in [0.15, 0.2) is 41.4 Å². The van der Waals surface area contributed by atoms with Crippen LogP contribution >= 0.6 is 12.4 Å². The molecule has 1 aromatic heterocycles. The molecule has 1 saturated heterocycles. The van der Waals surface area contributed by atoms with E-state index in [1.165, 1.54) is 29.2 Å². The van der Waals surface area contributed by atoms with Crippen molar-refractivity contribution in [2.75, 3.05) is 26.7 Å². The maximum absolute atomic E-state index is 13.1. The molecule has 1 aliphatic heterocycles. The number of sulfonamides is 1. The number of rotatable bonds is 5. The fourth-order valence-corrected chi connectivity index (χ4v) is 4.73. The number of aromatic amines is 1. The highest BCUT2D eigenvalue weighted by atomic mass is 35.5. The number of aromatic nitrogens is 1. The summed E-state index contributed by atoms with van der Waals surface area (Å²) in [6.45, 7) is 3.57. The van der Waals surface area contributed by atoms with Gasteiger partial charge in [0.1, 0.15) is 10.6 Å². The molecule has 0 radical (unpaired) electrons. The third-order valence-corrected chi connectivity index (χ3v) is 6.52. The van der Waals surface area contributed by atoms with E-state index < -0.39 is 16.0 Å². The number of halogens is 1. The smallest absolute Gasteiger partial charge is 0.354 e. The topological polar surface area (TPSA) is 91.5 Å². The van der Waals surface area contributed by atoms with Gasteiger partial charge in [0.25, 0.3) is 0 Å². The Bertz CT molecular complexity index is 880. The van der Waals surface area contributed by atoms with Gasteiger partial charge in [0.2, 0.25) is 10.0 Å². The lowest BCUT2D eigenvalue weighted by Gasteiger charge is -2.35. The normalized spacial score (nSPS) is 17.9. The molecule has 7 nitrogen and oxygen atoms in total. The molecule has 3 rings (SSSR count).